The number of nitrogens with zero attached hydrogens (tertiary/aromatic N) is 1. The third kappa shape index (κ3) is 1.99. The summed E-state index contributed by atoms with van der Waals surface area (Å²) in [7, 11) is 1.40. The van der Waals surface area contributed by atoms with Crippen molar-refractivity contribution in [1.29, 1.82) is 0 Å². The number of carbonyl (C=O) groups is 2. The molecule has 1 spiro atoms. The third-order valence-corrected chi connectivity index (χ3v) is 4.77. The number of aryl methyl sites for hydroxylation is 1. The van der Waals surface area contributed by atoms with Crippen molar-refractivity contribution in [3.63, 3.8) is 0 Å². The number of fused-ring (bicyclic) bond motifs is 1. The van der Waals surface area contributed by atoms with Gasteiger partial charge in [-0.15, -0.1) is 0 Å². The van der Waals surface area contributed by atoms with E-state index in [0.717, 1.165) is 31.2 Å². The van der Waals surface area contributed by atoms with Crippen LogP contribution in [0.3, 0.4) is 0 Å². The summed E-state index contributed by atoms with van der Waals surface area (Å²) < 4.78 is 4.75. The molecule has 0 saturated carbocycles. The maximum atomic E-state index is 12.8. The summed E-state index contributed by atoms with van der Waals surface area (Å²) >= 11 is 0. The molecule has 1 heterocycles. The van der Waals surface area contributed by atoms with Crippen molar-refractivity contribution in [2.75, 3.05) is 20.2 Å². The van der Waals surface area contributed by atoms with Crippen LogP contribution in [0.5, 0.6) is 0 Å². The summed E-state index contributed by atoms with van der Waals surface area (Å²) in [5, 5.41) is 0. The van der Waals surface area contributed by atoms with Crippen LogP contribution in [0.1, 0.15) is 35.2 Å². The van der Waals surface area contributed by atoms with Crippen molar-refractivity contribution in [3.05, 3.63) is 35.4 Å². The number of carbonyl (C=O) groups excluding carboxylic acids is 2. The molecule has 0 atom stereocenters. The second kappa shape index (κ2) is 4.93. The Labute approximate surface area is 118 Å². The topological polar surface area (TPSA) is 46.6 Å². The molecule has 0 N–H and O–H groups in total. The number of Topliss-reactive ketones (excluding diaryl/α,β-unsaturated/α-hetero) is 1. The van der Waals surface area contributed by atoms with Crippen molar-refractivity contribution in [2.24, 2.45) is 5.41 Å². The van der Waals surface area contributed by atoms with Gasteiger partial charge in [0.15, 0.2) is 5.78 Å². The first-order valence-corrected chi connectivity index (χ1v) is 7.12. The zero-order valence-corrected chi connectivity index (χ0v) is 11.7. The van der Waals surface area contributed by atoms with E-state index in [1.807, 2.05) is 24.3 Å². The van der Waals surface area contributed by atoms with Crippen LogP contribution in [0.4, 0.5) is 4.79 Å². The van der Waals surface area contributed by atoms with Crippen molar-refractivity contribution in [1.82, 2.24) is 4.90 Å². The van der Waals surface area contributed by atoms with E-state index in [-0.39, 0.29) is 17.3 Å². The maximum absolute atomic E-state index is 12.8. The number of hydrogen-bond acceptors (Lipinski definition) is 3. The molecule has 1 aromatic carbocycles. The van der Waals surface area contributed by atoms with Gasteiger partial charge in [0, 0.05) is 24.1 Å². The van der Waals surface area contributed by atoms with E-state index in [9.17, 15) is 9.59 Å². The highest BCUT2D eigenvalue weighted by atomic mass is 16.5. The molecule has 1 amide bonds. The zero-order valence-electron chi connectivity index (χ0n) is 11.7. The molecule has 0 bridgehead atoms. The van der Waals surface area contributed by atoms with Crippen molar-refractivity contribution in [3.8, 4) is 0 Å². The quantitative estimate of drug-likeness (QED) is 0.730. The summed E-state index contributed by atoms with van der Waals surface area (Å²) in [5.41, 5.74) is 1.78. The van der Waals surface area contributed by atoms with Crippen molar-refractivity contribution < 1.29 is 14.3 Å². The van der Waals surface area contributed by atoms with E-state index < -0.39 is 0 Å². The van der Waals surface area contributed by atoms with E-state index in [1.165, 1.54) is 12.7 Å². The third-order valence-electron chi connectivity index (χ3n) is 4.77. The van der Waals surface area contributed by atoms with Gasteiger partial charge in [-0.05, 0) is 31.2 Å². The highest BCUT2D eigenvalue weighted by Gasteiger charge is 2.45. The van der Waals surface area contributed by atoms with Gasteiger partial charge in [0.1, 0.15) is 0 Å². The van der Waals surface area contributed by atoms with Gasteiger partial charge in [0.25, 0.3) is 0 Å². The lowest BCUT2D eigenvalue weighted by atomic mass is 9.65. The largest absolute Gasteiger partial charge is 0.453 e. The summed E-state index contributed by atoms with van der Waals surface area (Å²) in [6.07, 6.45) is 3.06. The van der Waals surface area contributed by atoms with Crippen molar-refractivity contribution >= 4 is 11.9 Å². The Kier molecular flexibility index (Phi) is 3.24. The van der Waals surface area contributed by atoms with Gasteiger partial charge in [-0.25, -0.2) is 4.79 Å². The SMILES string of the molecule is COC(=O)N1CCC2(CCc3ccccc3C2=O)CC1. The Bertz CT molecular complexity index is 544. The van der Waals surface area contributed by atoms with Crippen LogP contribution in [0, 0.1) is 5.41 Å². The number of hydrogen-bond donors (Lipinski definition) is 0. The fourth-order valence-corrected chi connectivity index (χ4v) is 3.46. The Balaban J connectivity index is 1.80. The van der Waals surface area contributed by atoms with Gasteiger partial charge in [-0.1, -0.05) is 24.3 Å². The fraction of sp³-hybridized carbons (Fsp3) is 0.500. The first kappa shape index (κ1) is 13.2. The minimum atomic E-state index is -0.288. The van der Waals surface area contributed by atoms with Crippen LogP contribution in [-0.4, -0.2) is 37.0 Å². The molecule has 1 aliphatic carbocycles. The van der Waals surface area contributed by atoms with Crippen LogP contribution in [0.15, 0.2) is 24.3 Å². The summed E-state index contributed by atoms with van der Waals surface area (Å²) in [6.45, 7) is 1.22. The molecule has 0 radical (unpaired) electrons. The van der Waals surface area contributed by atoms with Gasteiger partial charge >= 0.3 is 6.09 Å². The average Bonchev–Trinajstić information content (AvgIpc) is 2.51. The Morgan fingerprint density at radius 2 is 1.90 bits per heavy atom. The van der Waals surface area contributed by atoms with Crippen molar-refractivity contribution in [2.45, 2.75) is 25.7 Å². The van der Waals surface area contributed by atoms with E-state index in [1.54, 1.807) is 4.90 Å². The normalized spacial score (nSPS) is 20.6. The van der Waals surface area contributed by atoms with Crippen LogP contribution >= 0.6 is 0 Å². The van der Waals surface area contributed by atoms with Crippen LogP contribution < -0.4 is 0 Å². The molecule has 4 nitrogen and oxygen atoms in total. The Hall–Kier alpha value is -1.84. The lowest BCUT2D eigenvalue weighted by Gasteiger charge is -2.42. The number of benzene rings is 1. The number of piperidine rings is 1. The van der Waals surface area contributed by atoms with Gasteiger partial charge in [-0.3, -0.25) is 4.79 Å². The van der Waals surface area contributed by atoms with E-state index in [4.69, 9.17) is 4.74 Å². The second-order valence-electron chi connectivity index (χ2n) is 5.72. The molecule has 0 unspecified atom stereocenters. The lowest BCUT2D eigenvalue weighted by molar-refractivity contribution is 0.0505. The average molecular weight is 273 g/mol. The highest BCUT2D eigenvalue weighted by Crippen LogP contribution is 2.43. The summed E-state index contributed by atoms with van der Waals surface area (Å²) in [4.78, 5) is 26.0. The predicted octanol–water partition coefficient (Wildman–Crippen LogP) is 2.66. The van der Waals surface area contributed by atoms with Gasteiger partial charge < -0.3 is 9.64 Å². The Morgan fingerprint density at radius 1 is 1.20 bits per heavy atom. The molecule has 0 aromatic heterocycles. The number of ketones is 1. The molecule has 3 rings (SSSR count). The van der Waals surface area contributed by atoms with Gasteiger partial charge in [-0.2, -0.15) is 0 Å². The van der Waals surface area contributed by atoms with E-state index >= 15 is 0 Å². The Morgan fingerprint density at radius 3 is 2.60 bits per heavy atom. The van der Waals surface area contributed by atoms with Gasteiger partial charge in [0.2, 0.25) is 0 Å². The molecule has 1 saturated heterocycles. The minimum absolute atomic E-state index is 0.265. The van der Waals surface area contributed by atoms with E-state index in [0.29, 0.717) is 13.1 Å². The monoisotopic (exact) mass is 273 g/mol. The molecule has 1 aliphatic heterocycles. The molecule has 1 fully saturated rings. The number of likely N-dealkylation sites (tertiary alicyclic amines) is 1. The van der Waals surface area contributed by atoms with Crippen LogP contribution in [0.25, 0.3) is 0 Å². The lowest BCUT2D eigenvalue weighted by Crippen LogP contribution is -2.48. The van der Waals surface area contributed by atoms with Gasteiger partial charge in [0.05, 0.1) is 7.11 Å². The number of rotatable bonds is 0. The predicted molar refractivity (Wildman–Crippen MR) is 74.7 cm³/mol. The molecule has 2 aliphatic rings. The molecular formula is C16H19NO3. The smallest absolute Gasteiger partial charge is 0.409 e. The number of ether oxygens (including phenoxy) is 1. The molecular weight excluding hydrogens is 254 g/mol. The standard InChI is InChI=1S/C16H19NO3/c1-20-15(19)17-10-8-16(9-11-17)7-6-12-4-2-3-5-13(12)14(16)18/h2-5H,6-11H2,1H3. The fourth-order valence-electron chi connectivity index (χ4n) is 3.46. The molecule has 20 heavy (non-hydrogen) atoms. The number of methoxy groups -OCH3 is 1. The van der Waals surface area contributed by atoms with Crippen LogP contribution in [0.2, 0.25) is 0 Å². The molecule has 4 heteroatoms. The zero-order chi connectivity index (χ0) is 14.2. The first-order valence-electron chi connectivity index (χ1n) is 7.12. The molecule has 106 valence electrons. The van der Waals surface area contributed by atoms with Crippen LogP contribution in [-0.2, 0) is 11.2 Å². The minimum Gasteiger partial charge on any atom is -0.453 e. The second-order valence-corrected chi connectivity index (χ2v) is 5.72. The number of amides is 1. The molecule has 1 aromatic rings. The van der Waals surface area contributed by atoms with E-state index in [2.05, 4.69) is 0 Å². The summed E-state index contributed by atoms with van der Waals surface area (Å²) in [5.74, 6) is 0.267. The first-order chi connectivity index (χ1) is 9.66. The highest BCUT2D eigenvalue weighted by molar-refractivity contribution is 6.02. The maximum Gasteiger partial charge on any atom is 0.409 e. The summed E-state index contributed by atoms with van der Waals surface area (Å²) in [6, 6.07) is 7.90.